The van der Waals surface area contributed by atoms with Gasteiger partial charge in [-0.25, -0.2) is 0 Å². The summed E-state index contributed by atoms with van der Waals surface area (Å²) in [6, 6.07) is 0.807. The van der Waals surface area contributed by atoms with Crippen LogP contribution in [0.2, 0.25) is 0 Å². The van der Waals surface area contributed by atoms with E-state index in [9.17, 15) is 0 Å². The Bertz CT molecular complexity index is 161. The highest BCUT2D eigenvalue weighted by Crippen LogP contribution is 2.34. The van der Waals surface area contributed by atoms with Crippen molar-refractivity contribution in [3.8, 4) is 0 Å². The molecule has 1 aliphatic carbocycles. The SMILES string of the molecule is CCCNC1CCC(CCSCC)C1C. The minimum Gasteiger partial charge on any atom is -0.314 e. The quantitative estimate of drug-likeness (QED) is 0.670. The Morgan fingerprint density at radius 1 is 1.27 bits per heavy atom. The van der Waals surface area contributed by atoms with Gasteiger partial charge in [0, 0.05) is 6.04 Å². The zero-order valence-electron chi connectivity index (χ0n) is 10.6. The van der Waals surface area contributed by atoms with Crippen molar-refractivity contribution in [2.45, 2.75) is 52.5 Å². The van der Waals surface area contributed by atoms with Gasteiger partial charge >= 0.3 is 0 Å². The van der Waals surface area contributed by atoms with Crippen molar-refractivity contribution in [3.05, 3.63) is 0 Å². The number of rotatable bonds is 7. The Morgan fingerprint density at radius 3 is 2.73 bits per heavy atom. The molecule has 0 amide bonds. The van der Waals surface area contributed by atoms with E-state index in [4.69, 9.17) is 0 Å². The van der Waals surface area contributed by atoms with Gasteiger partial charge in [0.1, 0.15) is 0 Å². The summed E-state index contributed by atoms with van der Waals surface area (Å²) in [6.45, 7) is 8.16. The fourth-order valence-corrected chi connectivity index (χ4v) is 3.41. The molecule has 1 rings (SSSR count). The van der Waals surface area contributed by atoms with Crippen LogP contribution in [0.25, 0.3) is 0 Å². The maximum absolute atomic E-state index is 3.69. The van der Waals surface area contributed by atoms with Crippen LogP contribution in [0.15, 0.2) is 0 Å². The maximum atomic E-state index is 3.69. The number of nitrogens with one attached hydrogen (secondary N) is 1. The van der Waals surface area contributed by atoms with E-state index in [1.54, 1.807) is 0 Å². The highest BCUT2D eigenvalue weighted by molar-refractivity contribution is 7.99. The Kier molecular flexibility index (Phi) is 6.74. The van der Waals surface area contributed by atoms with Crippen molar-refractivity contribution in [3.63, 3.8) is 0 Å². The van der Waals surface area contributed by atoms with Gasteiger partial charge in [0.05, 0.1) is 0 Å². The van der Waals surface area contributed by atoms with Crippen LogP contribution >= 0.6 is 11.8 Å². The molecule has 15 heavy (non-hydrogen) atoms. The highest BCUT2D eigenvalue weighted by Gasteiger charge is 2.31. The summed E-state index contributed by atoms with van der Waals surface area (Å²) in [4.78, 5) is 0. The summed E-state index contributed by atoms with van der Waals surface area (Å²) in [5, 5.41) is 3.69. The first-order valence-corrected chi connectivity index (χ1v) is 7.76. The van der Waals surface area contributed by atoms with Crippen LogP contribution < -0.4 is 5.32 Å². The van der Waals surface area contributed by atoms with Crippen LogP contribution in [-0.4, -0.2) is 24.1 Å². The molecule has 0 spiro atoms. The smallest absolute Gasteiger partial charge is 0.00954 e. The van der Waals surface area contributed by atoms with E-state index in [-0.39, 0.29) is 0 Å². The average Bonchev–Trinajstić information content (AvgIpc) is 2.58. The van der Waals surface area contributed by atoms with Crippen LogP contribution in [-0.2, 0) is 0 Å². The third kappa shape index (κ3) is 4.36. The molecule has 0 aromatic carbocycles. The third-order valence-electron chi connectivity index (χ3n) is 3.72. The minimum absolute atomic E-state index is 0.807. The van der Waals surface area contributed by atoms with Gasteiger partial charge < -0.3 is 5.32 Å². The van der Waals surface area contributed by atoms with Gasteiger partial charge in [-0.15, -0.1) is 0 Å². The molecule has 90 valence electrons. The van der Waals surface area contributed by atoms with E-state index < -0.39 is 0 Å². The van der Waals surface area contributed by atoms with Crippen LogP contribution in [0.4, 0.5) is 0 Å². The molecular formula is C13H27NS. The number of thioether (sulfide) groups is 1. The predicted octanol–water partition coefficient (Wildman–Crippen LogP) is 3.54. The van der Waals surface area contributed by atoms with Crippen LogP contribution in [0, 0.1) is 11.8 Å². The van der Waals surface area contributed by atoms with Crippen LogP contribution in [0.3, 0.4) is 0 Å². The molecule has 0 radical (unpaired) electrons. The fraction of sp³-hybridized carbons (Fsp3) is 1.00. The van der Waals surface area contributed by atoms with Gasteiger partial charge in [0.25, 0.3) is 0 Å². The van der Waals surface area contributed by atoms with Crippen molar-refractivity contribution in [2.24, 2.45) is 11.8 Å². The van der Waals surface area contributed by atoms with Crippen molar-refractivity contribution >= 4 is 11.8 Å². The first-order valence-electron chi connectivity index (χ1n) is 6.60. The topological polar surface area (TPSA) is 12.0 Å². The fourth-order valence-electron chi connectivity index (χ4n) is 2.65. The molecule has 1 N–H and O–H groups in total. The van der Waals surface area contributed by atoms with E-state index in [1.807, 2.05) is 0 Å². The maximum Gasteiger partial charge on any atom is 0.00954 e. The molecule has 0 aromatic heterocycles. The van der Waals surface area contributed by atoms with Crippen molar-refractivity contribution in [1.29, 1.82) is 0 Å². The minimum atomic E-state index is 0.807. The molecule has 0 saturated heterocycles. The van der Waals surface area contributed by atoms with Gasteiger partial charge in [0.15, 0.2) is 0 Å². The van der Waals surface area contributed by atoms with Crippen molar-refractivity contribution < 1.29 is 0 Å². The van der Waals surface area contributed by atoms with Crippen molar-refractivity contribution in [1.82, 2.24) is 5.32 Å². The average molecular weight is 229 g/mol. The molecule has 1 fully saturated rings. The van der Waals surface area contributed by atoms with Gasteiger partial charge in [-0.2, -0.15) is 11.8 Å². The molecule has 0 heterocycles. The molecule has 2 heteroatoms. The summed E-state index contributed by atoms with van der Waals surface area (Å²) < 4.78 is 0. The zero-order valence-corrected chi connectivity index (χ0v) is 11.4. The lowest BCUT2D eigenvalue weighted by Gasteiger charge is -2.21. The largest absolute Gasteiger partial charge is 0.314 e. The van der Waals surface area contributed by atoms with Gasteiger partial charge in [-0.05, 0) is 55.6 Å². The van der Waals surface area contributed by atoms with Gasteiger partial charge in [0.2, 0.25) is 0 Å². The molecule has 1 saturated carbocycles. The normalized spacial score (nSPS) is 31.0. The Balaban J connectivity index is 2.19. The molecule has 3 atom stereocenters. The monoisotopic (exact) mass is 229 g/mol. The second kappa shape index (κ2) is 7.56. The molecule has 0 bridgehead atoms. The third-order valence-corrected chi connectivity index (χ3v) is 4.65. The number of hydrogen-bond acceptors (Lipinski definition) is 2. The van der Waals surface area contributed by atoms with E-state index in [0.717, 1.165) is 17.9 Å². The molecular weight excluding hydrogens is 202 g/mol. The summed E-state index contributed by atoms with van der Waals surface area (Å²) in [5.41, 5.74) is 0. The van der Waals surface area contributed by atoms with E-state index in [2.05, 4.69) is 37.8 Å². The summed E-state index contributed by atoms with van der Waals surface area (Å²) in [7, 11) is 0. The Hall–Kier alpha value is 0.310. The van der Waals surface area contributed by atoms with Crippen LogP contribution in [0.1, 0.15) is 46.5 Å². The first kappa shape index (κ1) is 13.4. The van der Waals surface area contributed by atoms with E-state index >= 15 is 0 Å². The lowest BCUT2D eigenvalue weighted by molar-refractivity contribution is 0.347. The molecule has 3 unspecified atom stereocenters. The standard InChI is InChI=1S/C13H27NS/c1-4-9-14-13-7-6-12(11(13)3)8-10-15-5-2/h11-14H,4-10H2,1-3H3. The molecule has 1 aliphatic rings. The highest BCUT2D eigenvalue weighted by atomic mass is 32.2. The Morgan fingerprint density at radius 2 is 2.07 bits per heavy atom. The van der Waals surface area contributed by atoms with Gasteiger partial charge in [-0.3, -0.25) is 0 Å². The first-order chi connectivity index (χ1) is 7.29. The second-order valence-electron chi connectivity index (χ2n) is 4.74. The van der Waals surface area contributed by atoms with E-state index in [0.29, 0.717) is 0 Å². The summed E-state index contributed by atoms with van der Waals surface area (Å²) >= 11 is 2.10. The lowest BCUT2D eigenvalue weighted by atomic mass is 9.93. The van der Waals surface area contributed by atoms with Gasteiger partial charge in [-0.1, -0.05) is 20.8 Å². The number of hydrogen-bond donors (Lipinski definition) is 1. The van der Waals surface area contributed by atoms with Crippen LogP contribution in [0.5, 0.6) is 0 Å². The molecule has 0 aromatic rings. The summed E-state index contributed by atoms with van der Waals surface area (Å²) in [5.74, 6) is 4.53. The molecule has 0 aliphatic heterocycles. The van der Waals surface area contributed by atoms with E-state index in [1.165, 1.54) is 43.7 Å². The predicted molar refractivity (Wildman–Crippen MR) is 71.6 cm³/mol. The summed E-state index contributed by atoms with van der Waals surface area (Å²) in [6.07, 6.45) is 5.55. The second-order valence-corrected chi connectivity index (χ2v) is 6.14. The Labute approximate surface area is 99.8 Å². The lowest BCUT2D eigenvalue weighted by Crippen LogP contribution is -2.33. The van der Waals surface area contributed by atoms with Crippen molar-refractivity contribution in [2.75, 3.05) is 18.1 Å². The zero-order chi connectivity index (χ0) is 11.1. The molecule has 1 nitrogen and oxygen atoms in total.